The van der Waals surface area contributed by atoms with Crippen LogP contribution in [0.1, 0.15) is 72.0 Å². The van der Waals surface area contributed by atoms with Crippen molar-refractivity contribution in [3.05, 3.63) is 119 Å². The number of aryl methyl sites for hydroxylation is 1. The second kappa shape index (κ2) is 18.8. The fourth-order valence-corrected chi connectivity index (χ4v) is 5.41. The van der Waals surface area contributed by atoms with Crippen molar-refractivity contribution in [2.24, 2.45) is 0 Å². The Bertz CT molecular complexity index is 1660. The predicted octanol–water partition coefficient (Wildman–Crippen LogP) is 7.87. The van der Waals surface area contributed by atoms with Crippen molar-refractivity contribution in [2.45, 2.75) is 64.3 Å². The maximum Gasteiger partial charge on any atom is 0.303 e. The Kier molecular flexibility index (Phi) is 14.0. The van der Waals surface area contributed by atoms with Crippen molar-refractivity contribution >= 4 is 17.8 Å². The van der Waals surface area contributed by atoms with E-state index in [1.54, 1.807) is 42.5 Å². The zero-order valence-electron chi connectivity index (χ0n) is 27.0. The minimum atomic E-state index is -0.888. The van der Waals surface area contributed by atoms with Gasteiger partial charge in [-0.25, -0.2) is 4.39 Å². The first kappa shape index (κ1) is 35.7. The summed E-state index contributed by atoms with van der Waals surface area (Å²) in [5.74, 6) is -1.33. The fraction of sp³-hybridized carbons (Fsp3) is 0.308. The van der Waals surface area contributed by atoms with Crippen LogP contribution in [-0.4, -0.2) is 41.3 Å². The molecule has 4 rings (SSSR count). The van der Waals surface area contributed by atoms with Gasteiger partial charge in [0.25, 0.3) is 5.91 Å². The van der Waals surface area contributed by atoms with E-state index in [2.05, 4.69) is 5.32 Å². The molecule has 252 valence electrons. The van der Waals surface area contributed by atoms with Crippen molar-refractivity contribution in [3.8, 4) is 22.6 Å². The highest BCUT2D eigenvalue weighted by atomic mass is 19.1. The van der Waals surface area contributed by atoms with Crippen LogP contribution in [-0.2, 0) is 29.0 Å². The molecule has 48 heavy (non-hydrogen) atoms. The summed E-state index contributed by atoms with van der Waals surface area (Å²) in [7, 11) is 0. The molecule has 0 fully saturated rings. The topological polar surface area (TPSA) is 122 Å². The number of hydrogen-bond acceptors (Lipinski definition) is 5. The van der Waals surface area contributed by atoms with Crippen LogP contribution < -0.4 is 14.8 Å². The Morgan fingerprint density at radius 2 is 1.42 bits per heavy atom. The monoisotopic (exact) mass is 655 g/mol. The van der Waals surface area contributed by atoms with Crippen LogP contribution in [0.25, 0.3) is 11.1 Å². The highest BCUT2D eigenvalue weighted by molar-refractivity contribution is 5.96. The number of carboxylic acids is 2. The number of unbranched alkanes of at least 4 members (excludes halogenated alkanes) is 3. The van der Waals surface area contributed by atoms with Crippen LogP contribution in [0.15, 0.2) is 91.0 Å². The van der Waals surface area contributed by atoms with Crippen LogP contribution in [0, 0.1) is 5.82 Å². The first-order chi connectivity index (χ1) is 23.3. The van der Waals surface area contributed by atoms with Crippen LogP contribution in [0.3, 0.4) is 0 Å². The molecule has 0 radical (unpaired) electrons. The van der Waals surface area contributed by atoms with Crippen molar-refractivity contribution in [2.75, 3.05) is 13.2 Å². The van der Waals surface area contributed by atoms with Gasteiger partial charge < -0.3 is 25.0 Å². The maximum absolute atomic E-state index is 14.7. The number of halogens is 1. The second-order valence-corrected chi connectivity index (χ2v) is 11.5. The summed E-state index contributed by atoms with van der Waals surface area (Å²) in [6.07, 6.45) is 4.94. The van der Waals surface area contributed by atoms with Gasteiger partial charge in [0, 0.05) is 30.5 Å². The number of hydrogen-bond donors (Lipinski definition) is 3. The average molecular weight is 656 g/mol. The molecule has 0 unspecified atom stereocenters. The van der Waals surface area contributed by atoms with Crippen molar-refractivity contribution in [1.82, 2.24) is 5.32 Å². The number of carboxylic acid groups (broad SMARTS) is 2. The summed E-state index contributed by atoms with van der Waals surface area (Å²) >= 11 is 0. The molecule has 0 aliphatic carbocycles. The Morgan fingerprint density at radius 1 is 0.688 bits per heavy atom. The third-order valence-corrected chi connectivity index (χ3v) is 7.87. The SMILES string of the molecule is O=C(O)CCCOc1cccc(CCCCCCOc2cc(C(=O)NCc3ccccc3)cc(-c3ccccc3F)c2)c1CCC(=O)O. The molecule has 0 aromatic heterocycles. The number of carbonyl (C=O) groups excluding carboxylic acids is 1. The van der Waals surface area contributed by atoms with E-state index >= 15 is 0 Å². The van der Waals surface area contributed by atoms with Gasteiger partial charge in [-0.1, -0.05) is 73.5 Å². The van der Waals surface area contributed by atoms with Crippen LogP contribution in [0.2, 0.25) is 0 Å². The number of ether oxygens (including phenoxy) is 2. The zero-order valence-corrected chi connectivity index (χ0v) is 27.0. The van der Waals surface area contributed by atoms with Crippen LogP contribution in [0.4, 0.5) is 4.39 Å². The van der Waals surface area contributed by atoms with Gasteiger partial charge in [-0.05, 0) is 84.7 Å². The average Bonchev–Trinajstić information content (AvgIpc) is 3.08. The molecule has 0 aliphatic rings. The van der Waals surface area contributed by atoms with Gasteiger partial charge in [-0.3, -0.25) is 14.4 Å². The molecule has 0 atom stereocenters. The number of carbonyl (C=O) groups is 3. The van der Waals surface area contributed by atoms with Crippen molar-refractivity contribution in [1.29, 1.82) is 0 Å². The van der Waals surface area contributed by atoms with Crippen LogP contribution in [0.5, 0.6) is 11.5 Å². The fourth-order valence-electron chi connectivity index (χ4n) is 5.41. The minimum absolute atomic E-state index is 0.0100. The van der Waals surface area contributed by atoms with E-state index in [4.69, 9.17) is 14.6 Å². The lowest BCUT2D eigenvalue weighted by atomic mass is 9.97. The van der Waals surface area contributed by atoms with E-state index in [9.17, 15) is 23.9 Å². The number of nitrogens with one attached hydrogen (secondary N) is 1. The van der Waals surface area contributed by atoms with E-state index < -0.39 is 11.9 Å². The first-order valence-electron chi connectivity index (χ1n) is 16.3. The molecule has 0 aliphatic heterocycles. The highest BCUT2D eigenvalue weighted by Crippen LogP contribution is 2.29. The van der Waals surface area contributed by atoms with Crippen molar-refractivity contribution < 1.29 is 38.5 Å². The molecule has 0 heterocycles. The number of rotatable bonds is 20. The van der Waals surface area contributed by atoms with E-state index in [0.717, 1.165) is 48.8 Å². The molecule has 3 N–H and O–H groups in total. The summed E-state index contributed by atoms with van der Waals surface area (Å²) in [5, 5.41) is 21.1. The van der Waals surface area contributed by atoms with Gasteiger partial charge in [0.05, 0.1) is 13.2 Å². The van der Waals surface area contributed by atoms with Gasteiger partial charge in [0.15, 0.2) is 0 Å². The van der Waals surface area contributed by atoms with Crippen molar-refractivity contribution in [3.63, 3.8) is 0 Å². The van der Waals surface area contributed by atoms with Gasteiger partial charge >= 0.3 is 11.9 Å². The smallest absolute Gasteiger partial charge is 0.303 e. The first-order valence-corrected chi connectivity index (χ1v) is 16.3. The molecule has 1 amide bonds. The van der Waals surface area contributed by atoms with Gasteiger partial charge in [0.2, 0.25) is 0 Å². The Labute approximate surface area is 280 Å². The van der Waals surface area contributed by atoms with Gasteiger partial charge in [-0.15, -0.1) is 0 Å². The largest absolute Gasteiger partial charge is 0.494 e. The molecule has 4 aromatic carbocycles. The molecule has 8 nitrogen and oxygen atoms in total. The Balaban J connectivity index is 1.32. The molecule has 9 heteroatoms. The third kappa shape index (κ3) is 11.6. The highest BCUT2D eigenvalue weighted by Gasteiger charge is 2.14. The number of benzene rings is 4. The quantitative estimate of drug-likeness (QED) is 0.0829. The summed E-state index contributed by atoms with van der Waals surface area (Å²) in [5.41, 5.74) is 4.19. The van der Waals surface area contributed by atoms with E-state index in [1.807, 2.05) is 42.5 Å². The molecule has 4 aromatic rings. The summed E-state index contributed by atoms with van der Waals surface area (Å²) in [6, 6.07) is 26.8. The zero-order chi connectivity index (χ0) is 34.1. The van der Waals surface area contributed by atoms with E-state index in [1.165, 1.54) is 6.07 Å². The standard InChI is InChI=1S/C39H42FNO7/c40-35-17-8-7-16-33(35)30-24-31(39(46)41-27-28-12-4-3-5-13-28)26-32(25-30)47-22-9-2-1-6-14-29-15-10-18-36(34(29)20-21-38(44)45)48-23-11-19-37(42)43/h3-5,7-8,10,12-13,15-18,24-26H,1-2,6,9,11,14,19-23,27H2,(H,41,46)(H,42,43)(H,44,45). The summed E-state index contributed by atoms with van der Waals surface area (Å²) < 4.78 is 26.6. The lowest BCUT2D eigenvalue weighted by Crippen LogP contribution is -2.22. The molecular weight excluding hydrogens is 613 g/mol. The minimum Gasteiger partial charge on any atom is -0.494 e. The molecule has 0 bridgehead atoms. The van der Waals surface area contributed by atoms with Gasteiger partial charge in [-0.2, -0.15) is 0 Å². The Hall–Kier alpha value is -5.18. The second-order valence-electron chi connectivity index (χ2n) is 11.5. The maximum atomic E-state index is 14.7. The van der Waals surface area contributed by atoms with E-state index in [-0.39, 0.29) is 31.2 Å². The lowest BCUT2D eigenvalue weighted by Gasteiger charge is -2.15. The lowest BCUT2D eigenvalue weighted by molar-refractivity contribution is -0.138. The summed E-state index contributed by atoms with van der Waals surface area (Å²) in [6.45, 7) is 1.04. The normalized spacial score (nSPS) is 10.8. The molecule has 0 saturated carbocycles. The number of aliphatic carboxylic acids is 2. The van der Waals surface area contributed by atoms with Gasteiger partial charge in [0.1, 0.15) is 17.3 Å². The van der Waals surface area contributed by atoms with Crippen LogP contribution >= 0.6 is 0 Å². The number of amides is 1. The Morgan fingerprint density at radius 3 is 2.19 bits per heavy atom. The molecule has 0 spiro atoms. The summed E-state index contributed by atoms with van der Waals surface area (Å²) in [4.78, 5) is 35.2. The van der Waals surface area contributed by atoms with E-state index in [0.29, 0.717) is 54.2 Å². The molecule has 0 saturated heterocycles. The third-order valence-electron chi connectivity index (χ3n) is 7.87. The molecular formula is C39H42FNO7. The predicted molar refractivity (Wildman–Crippen MR) is 182 cm³/mol.